The second kappa shape index (κ2) is 8.74. The molecule has 0 aromatic heterocycles. The molecule has 0 saturated carbocycles. The Bertz CT molecular complexity index is 988. The molecule has 5 heteroatoms. The van der Waals surface area contributed by atoms with Crippen LogP contribution >= 0.6 is 0 Å². The van der Waals surface area contributed by atoms with E-state index in [0.29, 0.717) is 5.69 Å². The molecular formula is C25H30N2O3. The number of amides is 1. The summed E-state index contributed by atoms with van der Waals surface area (Å²) in [6.07, 6.45) is 0.224. The van der Waals surface area contributed by atoms with Gasteiger partial charge in [0, 0.05) is 30.9 Å². The van der Waals surface area contributed by atoms with Crippen molar-refractivity contribution in [1.82, 2.24) is 0 Å². The predicted octanol–water partition coefficient (Wildman–Crippen LogP) is 5.03. The van der Waals surface area contributed by atoms with Gasteiger partial charge < -0.3 is 10.0 Å². The number of carbonyl (C=O) groups is 2. The lowest BCUT2D eigenvalue weighted by atomic mass is 9.94. The topological polar surface area (TPSA) is 60.9 Å². The fourth-order valence-corrected chi connectivity index (χ4v) is 4.10. The highest BCUT2D eigenvalue weighted by atomic mass is 16.3. The summed E-state index contributed by atoms with van der Waals surface area (Å²) >= 11 is 0. The first-order valence-electron chi connectivity index (χ1n) is 10.6. The van der Waals surface area contributed by atoms with Crippen molar-refractivity contribution in [3.8, 4) is 0 Å². The second-order valence-electron chi connectivity index (χ2n) is 7.60. The van der Waals surface area contributed by atoms with E-state index in [1.807, 2.05) is 56.3 Å². The van der Waals surface area contributed by atoms with E-state index in [2.05, 4.69) is 18.7 Å². The van der Waals surface area contributed by atoms with Crippen LogP contribution < -0.4 is 9.80 Å². The molecule has 0 bridgehead atoms. The molecule has 0 radical (unpaired) electrons. The molecule has 1 N–H and O–H groups in total. The summed E-state index contributed by atoms with van der Waals surface area (Å²) in [5.41, 5.74) is 4.78. The van der Waals surface area contributed by atoms with Crippen LogP contribution in [0.15, 0.2) is 53.8 Å². The molecule has 1 unspecified atom stereocenters. The Balaban J connectivity index is 2.15. The predicted molar refractivity (Wildman–Crippen MR) is 121 cm³/mol. The van der Waals surface area contributed by atoms with Gasteiger partial charge in [-0.25, -0.2) is 0 Å². The summed E-state index contributed by atoms with van der Waals surface area (Å²) in [6, 6.07) is 13.0. The normalized spacial score (nSPS) is 16.4. The van der Waals surface area contributed by atoms with Crippen LogP contribution in [-0.4, -0.2) is 29.9 Å². The Morgan fingerprint density at radius 1 is 1.03 bits per heavy atom. The zero-order valence-electron chi connectivity index (χ0n) is 18.4. The molecule has 1 heterocycles. The van der Waals surface area contributed by atoms with Gasteiger partial charge in [0.1, 0.15) is 0 Å². The van der Waals surface area contributed by atoms with Crippen molar-refractivity contribution in [3.63, 3.8) is 0 Å². The Morgan fingerprint density at radius 3 is 2.23 bits per heavy atom. The van der Waals surface area contributed by atoms with Gasteiger partial charge in [0.2, 0.25) is 0 Å². The Labute approximate surface area is 178 Å². The maximum absolute atomic E-state index is 13.1. The van der Waals surface area contributed by atoms with Gasteiger partial charge in [0.05, 0.1) is 11.6 Å². The monoisotopic (exact) mass is 406 g/mol. The van der Waals surface area contributed by atoms with Gasteiger partial charge >= 0.3 is 0 Å². The lowest BCUT2D eigenvalue weighted by Gasteiger charge is -2.29. The number of aryl methyl sites for hydroxylation is 1. The van der Waals surface area contributed by atoms with E-state index in [0.717, 1.165) is 35.5 Å². The van der Waals surface area contributed by atoms with E-state index < -0.39 is 17.7 Å². The highest BCUT2D eigenvalue weighted by Crippen LogP contribution is 2.43. The third-order valence-corrected chi connectivity index (χ3v) is 6.00. The minimum atomic E-state index is -0.642. The summed E-state index contributed by atoms with van der Waals surface area (Å²) in [6.45, 7) is 11.7. The molecule has 2 aromatic rings. The lowest BCUT2D eigenvalue weighted by molar-refractivity contribution is -0.118. The summed E-state index contributed by atoms with van der Waals surface area (Å²) in [4.78, 5) is 29.7. The molecule has 1 atom stereocenters. The number of ketones is 1. The molecule has 0 aliphatic carbocycles. The third kappa shape index (κ3) is 3.60. The SMILES string of the molecule is CCC(=O)C1=C(O)C(=O)N(c2cccc(C)c2C)C1c1ccc(N(CC)CC)cc1. The highest BCUT2D eigenvalue weighted by molar-refractivity contribution is 6.16. The van der Waals surface area contributed by atoms with Crippen LogP contribution in [0.2, 0.25) is 0 Å². The van der Waals surface area contributed by atoms with Crippen molar-refractivity contribution in [2.45, 2.75) is 47.1 Å². The van der Waals surface area contributed by atoms with Gasteiger partial charge in [-0.3, -0.25) is 14.5 Å². The van der Waals surface area contributed by atoms with Crippen molar-refractivity contribution in [1.29, 1.82) is 0 Å². The standard InChI is InChI=1S/C25H30N2O3/c1-6-21(28)22-23(18-12-14-19(15-13-18)26(7-2)8-3)27(25(30)24(22)29)20-11-9-10-16(4)17(20)5/h9-15,23,29H,6-8H2,1-5H3. The summed E-state index contributed by atoms with van der Waals surface area (Å²) in [5, 5.41) is 10.7. The Kier molecular flexibility index (Phi) is 6.30. The van der Waals surface area contributed by atoms with Crippen molar-refractivity contribution in [2.24, 2.45) is 0 Å². The first kappa shape index (κ1) is 21.6. The van der Waals surface area contributed by atoms with Crippen molar-refractivity contribution in [2.75, 3.05) is 22.9 Å². The zero-order chi connectivity index (χ0) is 22.0. The van der Waals surface area contributed by atoms with Crippen LogP contribution in [0.3, 0.4) is 0 Å². The summed E-state index contributed by atoms with van der Waals surface area (Å²) in [7, 11) is 0. The maximum Gasteiger partial charge on any atom is 0.294 e. The van der Waals surface area contributed by atoms with Gasteiger partial charge in [0.15, 0.2) is 11.5 Å². The number of hydrogen-bond acceptors (Lipinski definition) is 4. The Hall–Kier alpha value is -3.08. The lowest BCUT2D eigenvalue weighted by Crippen LogP contribution is -2.31. The molecule has 1 aliphatic heterocycles. The molecule has 0 saturated heterocycles. The van der Waals surface area contributed by atoms with E-state index in [4.69, 9.17) is 0 Å². The largest absolute Gasteiger partial charge is 0.503 e. The van der Waals surface area contributed by atoms with E-state index in [1.54, 1.807) is 11.8 Å². The quantitative estimate of drug-likeness (QED) is 0.701. The van der Waals surface area contributed by atoms with Crippen LogP contribution in [0.4, 0.5) is 11.4 Å². The second-order valence-corrected chi connectivity index (χ2v) is 7.60. The first-order valence-corrected chi connectivity index (χ1v) is 10.6. The van der Waals surface area contributed by atoms with Gasteiger partial charge in [-0.1, -0.05) is 31.2 Å². The number of hydrogen-bond donors (Lipinski definition) is 1. The molecule has 2 aromatic carbocycles. The third-order valence-electron chi connectivity index (χ3n) is 6.00. The van der Waals surface area contributed by atoms with E-state index in [-0.39, 0.29) is 17.8 Å². The van der Waals surface area contributed by atoms with Gasteiger partial charge in [0.25, 0.3) is 5.91 Å². The fourth-order valence-electron chi connectivity index (χ4n) is 4.10. The van der Waals surface area contributed by atoms with E-state index in [9.17, 15) is 14.7 Å². The number of aliphatic hydroxyl groups is 1. The molecule has 0 fully saturated rings. The Morgan fingerprint density at radius 2 is 1.67 bits per heavy atom. The van der Waals surface area contributed by atoms with Gasteiger partial charge in [-0.2, -0.15) is 0 Å². The molecule has 3 rings (SSSR count). The molecule has 1 amide bonds. The number of anilines is 2. The van der Waals surface area contributed by atoms with Crippen LogP contribution in [0.25, 0.3) is 0 Å². The van der Waals surface area contributed by atoms with Gasteiger partial charge in [-0.05, 0) is 62.6 Å². The fraction of sp³-hybridized carbons (Fsp3) is 0.360. The van der Waals surface area contributed by atoms with Crippen molar-refractivity contribution >= 4 is 23.1 Å². The molecule has 1 aliphatic rings. The van der Waals surface area contributed by atoms with Crippen LogP contribution in [-0.2, 0) is 9.59 Å². The van der Waals surface area contributed by atoms with Crippen LogP contribution in [0.5, 0.6) is 0 Å². The van der Waals surface area contributed by atoms with Crippen molar-refractivity contribution in [3.05, 3.63) is 70.5 Å². The number of nitrogens with zero attached hydrogens (tertiary/aromatic N) is 2. The minimum Gasteiger partial charge on any atom is -0.503 e. The molecule has 0 spiro atoms. The number of Topliss-reactive ketones (excluding diaryl/α,β-unsaturated/α-hetero) is 1. The maximum atomic E-state index is 13.1. The number of aliphatic hydroxyl groups excluding tert-OH is 1. The number of benzene rings is 2. The average Bonchev–Trinajstić information content (AvgIpc) is 3.02. The molecule has 158 valence electrons. The van der Waals surface area contributed by atoms with E-state index in [1.165, 1.54) is 0 Å². The van der Waals surface area contributed by atoms with E-state index >= 15 is 0 Å². The zero-order valence-corrected chi connectivity index (χ0v) is 18.4. The number of carbonyl (C=O) groups excluding carboxylic acids is 2. The summed E-state index contributed by atoms with van der Waals surface area (Å²) < 4.78 is 0. The van der Waals surface area contributed by atoms with Gasteiger partial charge in [-0.15, -0.1) is 0 Å². The minimum absolute atomic E-state index is 0.180. The van der Waals surface area contributed by atoms with Crippen molar-refractivity contribution < 1.29 is 14.7 Å². The van der Waals surface area contributed by atoms with Crippen LogP contribution in [0.1, 0.15) is 49.9 Å². The molecular weight excluding hydrogens is 376 g/mol. The van der Waals surface area contributed by atoms with Crippen LogP contribution in [0, 0.1) is 13.8 Å². The first-order chi connectivity index (χ1) is 14.3. The summed E-state index contributed by atoms with van der Waals surface area (Å²) in [5.74, 6) is -1.19. The highest BCUT2D eigenvalue weighted by Gasteiger charge is 2.44. The number of rotatable bonds is 7. The average molecular weight is 407 g/mol. The smallest absolute Gasteiger partial charge is 0.294 e. The molecule has 5 nitrogen and oxygen atoms in total. The molecule has 30 heavy (non-hydrogen) atoms.